The van der Waals surface area contributed by atoms with Crippen LogP contribution in [0.5, 0.6) is 0 Å². The summed E-state index contributed by atoms with van der Waals surface area (Å²) in [7, 11) is 0. The van der Waals surface area contributed by atoms with E-state index in [1.54, 1.807) is 0 Å². The smallest absolute Gasteiger partial charge is 0.0223 e. The zero-order valence-electron chi connectivity index (χ0n) is 9.26. The fourth-order valence-electron chi connectivity index (χ4n) is 1.32. The summed E-state index contributed by atoms with van der Waals surface area (Å²) in [6, 6.07) is 18.5. The first-order valence-electron chi connectivity index (χ1n) is 5.36. The van der Waals surface area contributed by atoms with E-state index in [-0.39, 0.29) is 17.1 Å². The van der Waals surface area contributed by atoms with Crippen LogP contribution in [0.2, 0.25) is 0 Å². The Balaban J connectivity index is 0.000000318. The van der Waals surface area contributed by atoms with Gasteiger partial charge in [0.05, 0.1) is 0 Å². The Kier molecular flexibility index (Phi) is 10.7. The van der Waals surface area contributed by atoms with Crippen molar-refractivity contribution in [3.63, 3.8) is 0 Å². The Labute approximate surface area is 114 Å². The van der Waals surface area contributed by atoms with E-state index < -0.39 is 0 Å². The number of rotatable bonds is 4. The van der Waals surface area contributed by atoms with Gasteiger partial charge in [-0.25, -0.2) is 12.1 Å². The molecule has 2 aromatic rings. The third-order valence-electron chi connectivity index (χ3n) is 2.14. The summed E-state index contributed by atoms with van der Waals surface area (Å²) in [5, 5.41) is 0. The molecule has 0 aliphatic carbocycles. The Bertz CT molecular complexity index is 280. The summed E-state index contributed by atoms with van der Waals surface area (Å²) in [5.41, 5.74) is 1.44. The van der Waals surface area contributed by atoms with E-state index in [2.05, 4.69) is 24.3 Å². The van der Waals surface area contributed by atoms with E-state index in [0.717, 1.165) is 12.3 Å². The van der Waals surface area contributed by atoms with E-state index in [1.807, 2.05) is 30.3 Å². The van der Waals surface area contributed by atoms with Crippen LogP contribution < -0.4 is 0 Å². The van der Waals surface area contributed by atoms with Crippen molar-refractivity contribution in [2.45, 2.75) is 19.3 Å². The van der Waals surface area contributed by atoms with Crippen molar-refractivity contribution in [2.75, 3.05) is 5.88 Å². The molecule has 0 atom stereocenters. The molecule has 0 aliphatic heterocycles. The molecule has 0 unspecified atom stereocenters. The van der Waals surface area contributed by atoms with Gasteiger partial charge in [0.2, 0.25) is 0 Å². The van der Waals surface area contributed by atoms with Crippen LogP contribution in [0, 0.1) is 0 Å². The number of halogens is 1. The molecule has 0 nitrogen and oxygen atoms in total. The van der Waals surface area contributed by atoms with Gasteiger partial charge in [0.15, 0.2) is 0 Å². The Morgan fingerprint density at radius 1 is 0.875 bits per heavy atom. The zero-order chi connectivity index (χ0) is 10.8. The van der Waals surface area contributed by atoms with Crippen LogP contribution in [0.1, 0.15) is 18.4 Å². The van der Waals surface area contributed by atoms with E-state index in [4.69, 9.17) is 11.6 Å². The van der Waals surface area contributed by atoms with Gasteiger partial charge in [-0.1, -0.05) is 12.8 Å². The predicted molar refractivity (Wildman–Crippen MR) is 67.7 cm³/mol. The maximum atomic E-state index is 5.54. The topological polar surface area (TPSA) is 0 Å². The molecule has 2 aromatic carbocycles. The molecular weight excluding hydrogens is 259 g/mol. The molecule has 0 aliphatic rings. The third kappa shape index (κ3) is 7.76. The average molecular weight is 277 g/mol. The quantitative estimate of drug-likeness (QED) is 0.337. The molecule has 0 heterocycles. The summed E-state index contributed by atoms with van der Waals surface area (Å²) in [6.07, 6.45) is 3.53. The minimum Gasteiger partial charge on any atom is -0.748 e. The van der Waals surface area contributed by atoms with Crippen molar-refractivity contribution >= 4 is 11.6 Å². The van der Waals surface area contributed by atoms with Crippen LogP contribution in [0.3, 0.4) is 0 Å². The fourth-order valence-corrected chi connectivity index (χ4v) is 1.51. The van der Waals surface area contributed by atoms with Crippen molar-refractivity contribution in [3.8, 4) is 0 Å². The second-order valence-electron chi connectivity index (χ2n) is 3.40. The largest absolute Gasteiger partial charge is 0.748 e. The molecule has 2 rings (SSSR count). The second kappa shape index (κ2) is 11.0. The van der Waals surface area contributed by atoms with Crippen LogP contribution in [0.25, 0.3) is 0 Å². The number of hydrogen-bond acceptors (Lipinski definition) is 0. The average Bonchev–Trinajstić information content (AvgIpc) is 2.94. The van der Waals surface area contributed by atoms with Crippen molar-refractivity contribution < 1.29 is 17.1 Å². The molecule has 16 heavy (non-hydrogen) atoms. The van der Waals surface area contributed by atoms with E-state index >= 15 is 0 Å². The monoisotopic (exact) mass is 276 g/mol. The van der Waals surface area contributed by atoms with E-state index in [1.165, 1.54) is 18.4 Å². The standard InChI is InChI=1S/C9H12Cl.C5H5.Fe/c10-8-4-3-7-9-5-1-2-6-9;1-2-4-5-3-1;/h1-2,5-6H,3-4,7-8H2;1-5H;/q-1;-5;. The van der Waals surface area contributed by atoms with Gasteiger partial charge in [-0.2, -0.15) is 17.7 Å². The van der Waals surface area contributed by atoms with Crippen molar-refractivity contribution in [1.82, 2.24) is 0 Å². The molecule has 0 bridgehead atoms. The number of hydrogen-bond donors (Lipinski definition) is 0. The zero-order valence-corrected chi connectivity index (χ0v) is 11.1. The first-order chi connectivity index (χ1) is 7.43. The molecule has 0 fully saturated rings. The van der Waals surface area contributed by atoms with Gasteiger partial charge >= 0.3 is 0 Å². The van der Waals surface area contributed by atoms with Gasteiger partial charge in [-0.15, -0.1) is 11.6 Å². The molecular formula is C14H17ClFe-6. The maximum absolute atomic E-state index is 5.54. The van der Waals surface area contributed by atoms with E-state index in [9.17, 15) is 0 Å². The van der Waals surface area contributed by atoms with Crippen LogP contribution >= 0.6 is 11.6 Å². The summed E-state index contributed by atoms with van der Waals surface area (Å²) in [4.78, 5) is 0. The summed E-state index contributed by atoms with van der Waals surface area (Å²) < 4.78 is 0. The number of aryl methyl sites for hydroxylation is 1. The van der Waals surface area contributed by atoms with Crippen LogP contribution in [-0.2, 0) is 23.5 Å². The Morgan fingerprint density at radius 3 is 1.81 bits per heavy atom. The summed E-state index contributed by atoms with van der Waals surface area (Å²) in [6.45, 7) is 0. The predicted octanol–water partition coefficient (Wildman–Crippen LogP) is 4.37. The minimum atomic E-state index is 0. The van der Waals surface area contributed by atoms with Gasteiger partial charge in [-0.05, 0) is 6.42 Å². The molecule has 0 saturated carbocycles. The second-order valence-corrected chi connectivity index (χ2v) is 3.78. The summed E-state index contributed by atoms with van der Waals surface area (Å²) >= 11 is 5.54. The SMILES string of the molecule is ClCCCC[c-]1cccc1.[Fe].[cH-]1[cH-][cH-][cH-][cH-]1. The first kappa shape index (κ1) is 15.5. The fraction of sp³-hybridized carbons (Fsp3) is 0.286. The Hall–Kier alpha value is -0.491. The maximum Gasteiger partial charge on any atom is 0.0223 e. The van der Waals surface area contributed by atoms with Gasteiger partial charge in [-0.3, -0.25) is 0 Å². The van der Waals surface area contributed by atoms with Gasteiger partial charge in [0.25, 0.3) is 0 Å². The first-order valence-corrected chi connectivity index (χ1v) is 5.90. The van der Waals surface area contributed by atoms with Gasteiger partial charge < -0.3 is 30.3 Å². The molecule has 94 valence electrons. The normalized spacial score (nSPS) is 8.81. The third-order valence-corrected chi connectivity index (χ3v) is 2.40. The van der Waals surface area contributed by atoms with Crippen molar-refractivity contribution in [3.05, 3.63) is 60.2 Å². The van der Waals surface area contributed by atoms with Gasteiger partial charge in [0.1, 0.15) is 0 Å². The van der Waals surface area contributed by atoms with Crippen LogP contribution in [0.15, 0.2) is 54.6 Å². The van der Waals surface area contributed by atoms with Crippen LogP contribution in [-0.4, -0.2) is 5.88 Å². The number of alkyl halides is 1. The molecule has 0 radical (unpaired) electrons. The Morgan fingerprint density at radius 2 is 1.38 bits per heavy atom. The van der Waals surface area contributed by atoms with E-state index in [0.29, 0.717) is 0 Å². The van der Waals surface area contributed by atoms with Crippen molar-refractivity contribution in [2.24, 2.45) is 0 Å². The molecule has 0 saturated heterocycles. The van der Waals surface area contributed by atoms with Crippen molar-refractivity contribution in [1.29, 1.82) is 0 Å². The number of unbranched alkanes of at least 4 members (excludes halogenated alkanes) is 1. The van der Waals surface area contributed by atoms with Gasteiger partial charge in [0, 0.05) is 22.9 Å². The molecule has 0 aromatic heterocycles. The molecule has 0 N–H and O–H groups in total. The summed E-state index contributed by atoms with van der Waals surface area (Å²) in [5.74, 6) is 0.792. The minimum absolute atomic E-state index is 0. The van der Waals surface area contributed by atoms with Crippen LogP contribution in [0.4, 0.5) is 0 Å². The molecule has 2 heteroatoms. The molecule has 0 spiro atoms. The molecule has 0 amide bonds.